The van der Waals surface area contributed by atoms with Crippen molar-refractivity contribution in [3.05, 3.63) is 53.1 Å². The fourth-order valence-electron chi connectivity index (χ4n) is 1.74. The van der Waals surface area contributed by atoms with Gasteiger partial charge in [0.15, 0.2) is 11.5 Å². The molecule has 1 N–H and O–H groups in total. The molecule has 2 aromatic rings. The summed E-state index contributed by atoms with van der Waals surface area (Å²) >= 11 is 5.86. The van der Waals surface area contributed by atoms with Crippen LogP contribution in [0.5, 0.6) is 17.2 Å². The lowest BCUT2D eigenvalue weighted by Gasteiger charge is -2.08. The summed E-state index contributed by atoms with van der Waals surface area (Å²) in [5, 5.41) is 10.2. The first-order chi connectivity index (χ1) is 10.2. The van der Waals surface area contributed by atoms with Gasteiger partial charge in [-0.1, -0.05) is 23.7 Å². The Kier molecular flexibility index (Phi) is 5.46. The van der Waals surface area contributed by atoms with E-state index < -0.39 is 0 Å². The summed E-state index contributed by atoms with van der Waals surface area (Å²) in [6, 6.07) is 12.3. The lowest BCUT2D eigenvalue weighted by molar-refractivity contribution is 0.303. The maximum absolute atomic E-state index is 9.64. The average molecular weight is 306 g/mol. The fraction of sp³-hybridized carbons (Fsp3) is 0.188. The Morgan fingerprint density at radius 2 is 1.95 bits per heavy atom. The first-order valence-electron chi connectivity index (χ1n) is 6.45. The van der Waals surface area contributed by atoms with E-state index in [1.165, 1.54) is 6.07 Å². The fourth-order valence-corrected chi connectivity index (χ4v) is 1.92. The predicted octanol–water partition coefficient (Wildman–Crippen LogP) is 3.55. The number of halogens is 1. The second-order valence-electron chi connectivity index (χ2n) is 4.24. The summed E-state index contributed by atoms with van der Waals surface area (Å²) in [7, 11) is 1.60. The topological polar surface area (TPSA) is 51.0 Å². The standard InChI is InChI=1S/C16H16ClNO3/c1-20-15-4-2-3-5-16(15)21-9-8-18-11-12-10-13(17)6-7-14(12)19/h2-7,10-11,19H,8-9H2,1H3. The second-order valence-corrected chi connectivity index (χ2v) is 4.67. The van der Waals surface area contributed by atoms with Crippen molar-refractivity contribution in [3.63, 3.8) is 0 Å². The molecule has 2 aromatic carbocycles. The molecule has 0 aliphatic rings. The minimum atomic E-state index is 0.147. The number of hydrogen-bond acceptors (Lipinski definition) is 4. The third kappa shape index (κ3) is 4.39. The van der Waals surface area contributed by atoms with Crippen molar-refractivity contribution in [1.29, 1.82) is 0 Å². The molecule has 0 heterocycles. The third-order valence-electron chi connectivity index (χ3n) is 2.77. The van der Waals surface area contributed by atoms with Gasteiger partial charge in [0.25, 0.3) is 0 Å². The molecule has 0 saturated heterocycles. The van der Waals surface area contributed by atoms with Crippen LogP contribution in [-0.4, -0.2) is 31.6 Å². The van der Waals surface area contributed by atoms with Crippen LogP contribution in [0.15, 0.2) is 47.5 Å². The number of aromatic hydroxyl groups is 1. The van der Waals surface area contributed by atoms with Gasteiger partial charge in [0.2, 0.25) is 0 Å². The van der Waals surface area contributed by atoms with Crippen LogP contribution in [0.25, 0.3) is 0 Å². The second kappa shape index (κ2) is 7.55. The van der Waals surface area contributed by atoms with Crippen molar-refractivity contribution < 1.29 is 14.6 Å². The van der Waals surface area contributed by atoms with Crippen molar-refractivity contribution in [2.75, 3.05) is 20.3 Å². The molecule has 110 valence electrons. The smallest absolute Gasteiger partial charge is 0.161 e. The molecule has 0 atom stereocenters. The van der Waals surface area contributed by atoms with Crippen molar-refractivity contribution in [2.24, 2.45) is 4.99 Å². The van der Waals surface area contributed by atoms with Crippen molar-refractivity contribution in [1.82, 2.24) is 0 Å². The molecule has 0 bridgehead atoms. The molecular formula is C16H16ClNO3. The number of ether oxygens (including phenoxy) is 2. The van der Waals surface area contributed by atoms with E-state index in [0.717, 1.165) is 0 Å². The SMILES string of the molecule is COc1ccccc1OCCN=Cc1cc(Cl)ccc1O. The number of nitrogens with zero attached hydrogens (tertiary/aromatic N) is 1. The quantitative estimate of drug-likeness (QED) is 0.656. The largest absolute Gasteiger partial charge is 0.507 e. The molecule has 0 aromatic heterocycles. The molecule has 2 rings (SSSR count). The van der Waals surface area contributed by atoms with E-state index in [4.69, 9.17) is 21.1 Å². The van der Waals surface area contributed by atoms with E-state index in [2.05, 4.69) is 4.99 Å². The van der Waals surface area contributed by atoms with Gasteiger partial charge in [-0.3, -0.25) is 4.99 Å². The van der Waals surface area contributed by atoms with E-state index in [-0.39, 0.29) is 5.75 Å². The summed E-state index contributed by atoms with van der Waals surface area (Å²) in [4.78, 5) is 4.20. The number of aliphatic imine (C=N–C) groups is 1. The molecule has 5 heteroatoms. The van der Waals surface area contributed by atoms with Gasteiger partial charge in [-0.15, -0.1) is 0 Å². The van der Waals surface area contributed by atoms with Gasteiger partial charge in [-0.05, 0) is 30.3 Å². The Balaban J connectivity index is 1.87. The highest BCUT2D eigenvalue weighted by Gasteiger charge is 2.01. The zero-order valence-corrected chi connectivity index (χ0v) is 12.4. The van der Waals surface area contributed by atoms with Gasteiger partial charge >= 0.3 is 0 Å². The number of methoxy groups -OCH3 is 1. The van der Waals surface area contributed by atoms with Crippen LogP contribution >= 0.6 is 11.6 Å². The van der Waals surface area contributed by atoms with E-state index in [1.807, 2.05) is 24.3 Å². The lowest BCUT2D eigenvalue weighted by Crippen LogP contribution is -2.02. The Morgan fingerprint density at radius 3 is 2.71 bits per heavy atom. The zero-order valence-electron chi connectivity index (χ0n) is 11.6. The molecular weight excluding hydrogens is 290 g/mol. The summed E-state index contributed by atoms with van der Waals surface area (Å²) < 4.78 is 10.8. The van der Waals surface area contributed by atoms with Gasteiger partial charge in [-0.2, -0.15) is 0 Å². The summed E-state index contributed by atoms with van der Waals surface area (Å²) in [6.07, 6.45) is 1.58. The van der Waals surface area contributed by atoms with Crippen LogP contribution < -0.4 is 9.47 Å². The Bertz CT molecular complexity index is 629. The minimum absolute atomic E-state index is 0.147. The molecule has 0 aliphatic heterocycles. The molecule has 21 heavy (non-hydrogen) atoms. The molecule has 0 spiro atoms. The van der Waals surface area contributed by atoms with E-state index >= 15 is 0 Å². The molecule has 0 unspecified atom stereocenters. The number of phenolic OH excluding ortho intramolecular Hbond substituents is 1. The average Bonchev–Trinajstić information content (AvgIpc) is 2.50. The van der Waals surface area contributed by atoms with Crippen molar-refractivity contribution in [2.45, 2.75) is 0 Å². The molecule has 0 fully saturated rings. The molecule has 4 nitrogen and oxygen atoms in total. The normalized spacial score (nSPS) is 10.8. The van der Waals surface area contributed by atoms with Gasteiger partial charge in [0.1, 0.15) is 12.4 Å². The monoisotopic (exact) mass is 305 g/mol. The Morgan fingerprint density at radius 1 is 1.19 bits per heavy atom. The van der Waals surface area contributed by atoms with E-state index in [0.29, 0.717) is 35.2 Å². The zero-order chi connectivity index (χ0) is 15.1. The number of benzene rings is 2. The van der Waals surface area contributed by atoms with Crippen LogP contribution in [0.3, 0.4) is 0 Å². The highest BCUT2D eigenvalue weighted by atomic mass is 35.5. The number of hydrogen-bond donors (Lipinski definition) is 1. The van der Waals surface area contributed by atoms with Crippen LogP contribution in [0.4, 0.5) is 0 Å². The van der Waals surface area contributed by atoms with Crippen LogP contribution in [0.1, 0.15) is 5.56 Å². The lowest BCUT2D eigenvalue weighted by atomic mass is 10.2. The summed E-state index contributed by atoms with van der Waals surface area (Å²) in [5.41, 5.74) is 0.583. The van der Waals surface area contributed by atoms with Crippen molar-refractivity contribution in [3.8, 4) is 17.2 Å². The molecule has 0 aliphatic carbocycles. The minimum Gasteiger partial charge on any atom is -0.507 e. The molecule has 0 radical (unpaired) electrons. The van der Waals surface area contributed by atoms with Crippen LogP contribution in [-0.2, 0) is 0 Å². The summed E-state index contributed by atoms with van der Waals surface area (Å²) in [6.45, 7) is 0.877. The van der Waals surface area contributed by atoms with E-state index in [1.54, 1.807) is 25.5 Å². The number of rotatable bonds is 6. The van der Waals surface area contributed by atoms with Gasteiger partial charge < -0.3 is 14.6 Å². The van der Waals surface area contributed by atoms with Crippen LogP contribution in [0.2, 0.25) is 5.02 Å². The maximum Gasteiger partial charge on any atom is 0.161 e. The van der Waals surface area contributed by atoms with Gasteiger partial charge in [0, 0.05) is 16.8 Å². The van der Waals surface area contributed by atoms with Gasteiger partial charge in [0.05, 0.1) is 13.7 Å². The Labute approximate surface area is 128 Å². The number of phenols is 1. The third-order valence-corrected chi connectivity index (χ3v) is 3.00. The maximum atomic E-state index is 9.64. The number of para-hydroxylation sites is 2. The van der Waals surface area contributed by atoms with Crippen molar-refractivity contribution >= 4 is 17.8 Å². The summed E-state index contributed by atoms with van der Waals surface area (Å²) in [5.74, 6) is 1.52. The molecule has 0 amide bonds. The van der Waals surface area contributed by atoms with E-state index in [9.17, 15) is 5.11 Å². The van der Waals surface area contributed by atoms with Crippen LogP contribution in [0, 0.1) is 0 Å². The predicted molar refractivity (Wildman–Crippen MR) is 84.1 cm³/mol. The molecule has 0 saturated carbocycles. The first kappa shape index (κ1) is 15.2. The van der Waals surface area contributed by atoms with Gasteiger partial charge in [-0.25, -0.2) is 0 Å². The first-order valence-corrected chi connectivity index (χ1v) is 6.82. The highest BCUT2D eigenvalue weighted by molar-refractivity contribution is 6.30. The Hall–Kier alpha value is -2.20. The highest BCUT2D eigenvalue weighted by Crippen LogP contribution is 2.25.